The number of nitrogens with zero attached hydrogens (tertiary/aromatic N) is 4. The molecule has 0 atom stereocenters. The van der Waals surface area contributed by atoms with Crippen molar-refractivity contribution in [3.63, 3.8) is 0 Å². The van der Waals surface area contributed by atoms with Crippen molar-refractivity contribution < 1.29 is 4.79 Å². The second-order valence-corrected chi connectivity index (χ2v) is 3.97. The largest absolute Gasteiger partial charge is 0.324 e. The fourth-order valence-electron chi connectivity index (χ4n) is 1.93. The Hall–Kier alpha value is -2.35. The number of carbonyl (C=O) groups is 1. The molecule has 0 radical (unpaired) electrons. The molecule has 1 amide bonds. The predicted octanol–water partition coefficient (Wildman–Crippen LogP) is 1.56. The van der Waals surface area contributed by atoms with Gasteiger partial charge in [-0.15, -0.1) is 0 Å². The topological polar surface area (TPSA) is 61.9 Å². The molecule has 1 heterocycles. The van der Waals surface area contributed by atoms with Gasteiger partial charge in [-0.3, -0.25) is 9.48 Å². The van der Waals surface area contributed by atoms with E-state index in [1.54, 1.807) is 11.7 Å². The smallest absolute Gasteiger partial charge is 0.275 e. The molecule has 5 nitrogen and oxygen atoms in total. The highest BCUT2D eigenvalue weighted by atomic mass is 16.2. The summed E-state index contributed by atoms with van der Waals surface area (Å²) < 4.78 is 1.68. The number of fused-ring (bicyclic) bond motifs is 1. The number of aryl methyl sites for hydroxylation is 1. The van der Waals surface area contributed by atoms with Crippen molar-refractivity contribution in [3.05, 3.63) is 30.0 Å². The van der Waals surface area contributed by atoms with E-state index in [-0.39, 0.29) is 12.5 Å². The molecule has 0 bridgehead atoms. The van der Waals surface area contributed by atoms with Crippen molar-refractivity contribution in [2.24, 2.45) is 7.05 Å². The first-order valence-electron chi connectivity index (χ1n) is 5.77. The fourth-order valence-corrected chi connectivity index (χ4v) is 1.93. The predicted molar refractivity (Wildman–Crippen MR) is 67.9 cm³/mol. The van der Waals surface area contributed by atoms with Gasteiger partial charge >= 0.3 is 0 Å². The van der Waals surface area contributed by atoms with E-state index in [0.717, 1.165) is 10.9 Å². The average Bonchev–Trinajstić information content (AvgIpc) is 2.73. The van der Waals surface area contributed by atoms with Gasteiger partial charge in [0.1, 0.15) is 6.54 Å². The highest BCUT2D eigenvalue weighted by Crippen LogP contribution is 2.18. The number of hydrogen-bond donors (Lipinski definition) is 0. The Kier molecular flexibility index (Phi) is 3.28. The van der Waals surface area contributed by atoms with E-state index >= 15 is 0 Å². The minimum atomic E-state index is -0.198. The zero-order valence-electron chi connectivity index (χ0n) is 10.4. The van der Waals surface area contributed by atoms with E-state index in [9.17, 15) is 4.79 Å². The van der Waals surface area contributed by atoms with Crippen LogP contribution in [0.3, 0.4) is 0 Å². The van der Waals surface area contributed by atoms with Gasteiger partial charge in [-0.2, -0.15) is 10.4 Å². The monoisotopic (exact) mass is 242 g/mol. The van der Waals surface area contributed by atoms with Crippen LogP contribution in [0.25, 0.3) is 10.9 Å². The molecular formula is C13H14N4O. The molecule has 0 aliphatic carbocycles. The van der Waals surface area contributed by atoms with Crippen LogP contribution in [-0.4, -0.2) is 33.7 Å². The minimum Gasteiger partial charge on any atom is -0.324 e. The van der Waals surface area contributed by atoms with Crippen molar-refractivity contribution in [1.82, 2.24) is 14.7 Å². The Bertz CT molecular complexity index is 623. The molecule has 0 aliphatic rings. The molecule has 1 aromatic carbocycles. The maximum Gasteiger partial charge on any atom is 0.275 e. The second kappa shape index (κ2) is 4.88. The Labute approximate surface area is 105 Å². The highest BCUT2D eigenvalue weighted by molar-refractivity contribution is 6.04. The van der Waals surface area contributed by atoms with Crippen molar-refractivity contribution in [1.29, 1.82) is 5.26 Å². The van der Waals surface area contributed by atoms with Crippen LogP contribution in [0.2, 0.25) is 0 Å². The van der Waals surface area contributed by atoms with E-state index in [2.05, 4.69) is 5.10 Å². The summed E-state index contributed by atoms with van der Waals surface area (Å²) in [4.78, 5) is 13.8. The summed E-state index contributed by atoms with van der Waals surface area (Å²) in [5.41, 5.74) is 1.32. The molecule has 1 aromatic heterocycles. The van der Waals surface area contributed by atoms with E-state index < -0.39 is 0 Å². The molecule has 0 fully saturated rings. The number of carbonyl (C=O) groups excluding carboxylic acids is 1. The maximum absolute atomic E-state index is 12.3. The number of amides is 1. The van der Waals surface area contributed by atoms with Gasteiger partial charge in [0, 0.05) is 19.0 Å². The van der Waals surface area contributed by atoms with Gasteiger partial charge in [-0.1, -0.05) is 18.2 Å². The zero-order chi connectivity index (χ0) is 13.1. The van der Waals surface area contributed by atoms with Crippen molar-refractivity contribution in [2.45, 2.75) is 6.92 Å². The maximum atomic E-state index is 12.3. The summed E-state index contributed by atoms with van der Waals surface area (Å²) in [6, 6.07) is 9.57. The minimum absolute atomic E-state index is 0.0836. The van der Waals surface area contributed by atoms with E-state index in [0.29, 0.717) is 12.2 Å². The first kappa shape index (κ1) is 12.1. The summed E-state index contributed by atoms with van der Waals surface area (Å²) in [6.07, 6.45) is 0. The van der Waals surface area contributed by atoms with E-state index in [1.165, 1.54) is 4.90 Å². The third kappa shape index (κ3) is 1.93. The molecule has 0 unspecified atom stereocenters. The lowest BCUT2D eigenvalue weighted by Crippen LogP contribution is -2.31. The van der Waals surface area contributed by atoms with Crippen molar-refractivity contribution in [3.8, 4) is 6.07 Å². The highest BCUT2D eigenvalue weighted by Gasteiger charge is 2.20. The van der Waals surface area contributed by atoms with Crippen LogP contribution in [0.5, 0.6) is 0 Å². The molecule has 0 N–H and O–H groups in total. The molecule has 2 aromatic rings. The molecule has 0 aliphatic heterocycles. The van der Waals surface area contributed by atoms with Crippen molar-refractivity contribution in [2.75, 3.05) is 13.1 Å². The molecule has 5 heteroatoms. The van der Waals surface area contributed by atoms with Crippen molar-refractivity contribution >= 4 is 16.8 Å². The number of rotatable bonds is 3. The van der Waals surface area contributed by atoms with Gasteiger partial charge in [0.2, 0.25) is 0 Å². The number of para-hydroxylation sites is 1. The average molecular weight is 242 g/mol. The second-order valence-electron chi connectivity index (χ2n) is 3.97. The van der Waals surface area contributed by atoms with Gasteiger partial charge in [-0.05, 0) is 13.0 Å². The SMILES string of the molecule is CCN(CC#N)C(=O)c1nn(C)c2ccccc12. The summed E-state index contributed by atoms with van der Waals surface area (Å²) in [7, 11) is 1.81. The van der Waals surface area contributed by atoms with Crippen LogP contribution in [0.4, 0.5) is 0 Å². The van der Waals surface area contributed by atoms with Crippen LogP contribution in [-0.2, 0) is 7.05 Å². The van der Waals surface area contributed by atoms with Gasteiger partial charge in [0.15, 0.2) is 5.69 Å². The standard InChI is InChI=1S/C13H14N4O/c1-3-17(9-8-14)13(18)12-10-6-4-5-7-11(10)16(2)15-12/h4-7H,3,9H2,1-2H3. The van der Waals surface area contributed by atoms with E-state index in [1.807, 2.05) is 37.3 Å². The normalized spacial score (nSPS) is 10.3. The number of benzene rings is 1. The van der Waals surface area contributed by atoms with Gasteiger partial charge in [-0.25, -0.2) is 0 Å². The first-order valence-corrected chi connectivity index (χ1v) is 5.77. The van der Waals surface area contributed by atoms with E-state index in [4.69, 9.17) is 5.26 Å². The Morgan fingerprint density at radius 1 is 1.50 bits per heavy atom. The van der Waals surface area contributed by atoms with Gasteiger partial charge in [0.05, 0.1) is 11.6 Å². The van der Waals surface area contributed by atoms with Crippen LogP contribution < -0.4 is 0 Å². The molecule has 0 saturated heterocycles. The number of aromatic nitrogens is 2. The Morgan fingerprint density at radius 2 is 2.22 bits per heavy atom. The number of hydrogen-bond acceptors (Lipinski definition) is 3. The van der Waals surface area contributed by atoms with Crippen LogP contribution in [0.15, 0.2) is 24.3 Å². The molecule has 92 valence electrons. The molecule has 0 spiro atoms. The van der Waals surface area contributed by atoms with Gasteiger partial charge in [0.25, 0.3) is 5.91 Å². The lowest BCUT2D eigenvalue weighted by atomic mass is 10.2. The van der Waals surface area contributed by atoms with Crippen LogP contribution in [0.1, 0.15) is 17.4 Å². The van der Waals surface area contributed by atoms with Crippen LogP contribution >= 0.6 is 0 Å². The quantitative estimate of drug-likeness (QED) is 0.767. The summed E-state index contributed by atoms with van der Waals surface area (Å²) in [5.74, 6) is -0.198. The molecular weight excluding hydrogens is 228 g/mol. The zero-order valence-corrected chi connectivity index (χ0v) is 10.4. The Balaban J connectivity index is 2.48. The van der Waals surface area contributed by atoms with Gasteiger partial charge < -0.3 is 4.90 Å². The molecule has 0 saturated carbocycles. The third-order valence-corrected chi connectivity index (χ3v) is 2.89. The number of nitriles is 1. The Morgan fingerprint density at radius 3 is 2.89 bits per heavy atom. The first-order chi connectivity index (χ1) is 8.69. The summed E-state index contributed by atoms with van der Waals surface area (Å²) >= 11 is 0. The molecule has 18 heavy (non-hydrogen) atoms. The lowest BCUT2D eigenvalue weighted by Gasteiger charge is -2.15. The van der Waals surface area contributed by atoms with Crippen LogP contribution in [0, 0.1) is 11.3 Å². The fraction of sp³-hybridized carbons (Fsp3) is 0.308. The molecule has 2 rings (SSSR count). The lowest BCUT2D eigenvalue weighted by molar-refractivity contribution is 0.0779. The summed E-state index contributed by atoms with van der Waals surface area (Å²) in [5, 5.41) is 13.8. The summed E-state index contributed by atoms with van der Waals surface area (Å²) in [6.45, 7) is 2.43. The third-order valence-electron chi connectivity index (χ3n) is 2.89.